The number of anilines is 1. The number of thioether (sulfide) groups is 1. The summed E-state index contributed by atoms with van der Waals surface area (Å²) in [4.78, 5) is 13.5. The number of rotatable bonds is 7. The molecule has 4 aromatic rings. The molecule has 6 nitrogen and oxygen atoms in total. The Hall–Kier alpha value is -3.23. The van der Waals surface area contributed by atoms with Crippen LogP contribution in [0.3, 0.4) is 0 Å². The lowest BCUT2D eigenvalue weighted by molar-refractivity contribution is 0.103. The minimum Gasteiger partial charge on any atom is -0.497 e. The van der Waals surface area contributed by atoms with Crippen molar-refractivity contribution in [3.8, 4) is 5.75 Å². The third-order valence-electron chi connectivity index (χ3n) is 5.00. The molecule has 8 heteroatoms. The summed E-state index contributed by atoms with van der Waals surface area (Å²) in [7, 11) is -2.21. The summed E-state index contributed by atoms with van der Waals surface area (Å²) in [5.41, 5.74) is 2.69. The van der Waals surface area contributed by atoms with E-state index in [4.69, 9.17) is 9.15 Å². The molecule has 0 aliphatic carbocycles. The molecule has 0 radical (unpaired) electrons. The maximum Gasteiger partial charge on any atom is 0.261 e. The van der Waals surface area contributed by atoms with Crippen LogP contribution in [0.5, 0.6) is 5.75 Å². The Kier molecular flexibility index (Phi) is 5.99. The van der Waals surface area contributed by atoms with Crippen molar-refractivity contribution in [2.45, 2.75) is 16.9 Å². The predicted octanol–water partition coefficient (Wildman–Crippen LogP) is 5.50. The van der Waals surface area contributed by atoms with Gasteiger partial charge >= 0.3 is 0 Å². The summed E-state index contributed by atoms with van der Waals surface area (Å²) in [6, 6.07) is 18.3. The zero-order valence-corrected chi connectivity index (χ0v) is 19.3. The fourth-order valence-corrected chi connectivity index (χ4v) is 4.95. The molecule has 0 amide bonds. The molecular weight excluding hydrogens is 446 g/mol. The number of ether oxygens (including phenoxy) is 1. The van der Waals surface area contributed by atoms with Crippen LogP contribution in [-0.2, 0) is 10.0 Å². The van der Waals surface area contributed by atoms with Gasteiger partial charge in [-0.3, -0.25) is 9.52 Å². The van der Waals surface area contributed by atoms with Gasteiger partial charge in [-0.15, -0.1) is 0 Å². The molecule has 32 heavy (non-hydrogen) atoms. The molecule has 3 aromatic carbocycles. The van der Waals surface area contributed by atoms with Gasteiger partial charge in [0.05, 0.1) is 17.6 Å². The number of nitrogens with one attached hydrogen (secondary N) is 1. The first kappa shape index (κ1) is 22.0. The Morgan fingerprint density at radius 3 is 2.31 bits per heavy atom. The third kappa shape index (κ3) is 4.24. The Morgan fingerprint density at radius 2 is 1.69 bits per heavy atom. The van der Waals surface area contributed by atoms with E-state index in [0.29, 0.717) is 38.6 Å². The van der Waals surface area contributed by atoms with Gasteiger partial charge in [0.2, 0.25) is 0 Å². The first-order valence-electron chi connectivity index (χ1n) is 9.71. The summed E-state index contributed by atoms with van der Waals surface area (Å²) in [6.07, 6.45) is 1.82. The molecule has 4 rings (SSSR count). The van der Waals surface area contributed by atoms with Crippen LogP contribution in [-0.4, -0.2) is 27.6 Å². The highest BCUT2D eigenvalue weighted by Crippen LogP contribution is 2.35. The molecule has 0 atom stereocenters. The molecule has 1 heterocycles. The average Bonchev–Trinajstić information content (AvgIpc) is 3.16. The minimum absolute atomic E-state index is 0.162. The van der Waals surface area contributed by atoms with E-state index in [1.54, 1.807) is 73.8 Å². The number of fused-ring (bicyclic) bond motifs is 1. The Balaban J connectivity index is 1.74. The monoisotopic (exact) mass is 467 g/mol. The van der Waals surface area contributed by atoms with E-state index in [0.717, 1.165) is 5.56 Å². The van der Waals surface area contributed by atoms with E-state index in [1.807, 2.05) is 13.2 Å². The molecule has 0 saturated carbocycles. The summed E-state index contributed by atoms with van der Waals surface area (Å²) >= 11 is 1.32. The van der Waals surface area contributed by atoms with Gasteiger partial charge < -0.3 is 9.15 Å². The molecule has 0 aliphatic heterocycles. The molecule has 0 bridgehead atoms. The number of benzene rings is 3. The number of aryl methyl sites for hydroxylation is 1. The van der Waals surface area contributed by atoms with E-state index < -0.39 is 10.0 Å². The van der Waals surface area contributed by atoms with Crippen molar-refractivity contribution in [2.24, 2.45) is 0 Å². The summed E-state index contributed by atoms with van der Waals surface area (Å²) in [5, 5.41) is 1.01. The van der Waals surface area contributed by atoms with Gasteiger partial charge in [0.15, 0.2) is 10.9 Å². The first-order chi connectivity index (χ1) is 15.3. The highest BCUT2D eigenvalue weighted by molar-refractivity contribution is 7.98. The molecule has 0 fully saturated rings. The second kappa shape index (κ2) is 8.72. The lowest BCUT2D eigenvalue weighted by atomic mass is 10.0. The normalized spacial score (nSPS) is 11.5. The maximum absolute atomic E-state index is 13.3. The first-order valence-corrected chi connectivity index (χ1v) is 12.4. The molecule has 0 aliphatic rings. The number of furan rings is 1. The molecule has 0 spiro atoms. The van der Waals surface area contributed by atoms with Crippen LogP contribution in [0.2, 0.25) is 0 Å². The minimum atomic E-state index is -3.78. The molecule has 164 valence electrons. The van der Waals surface area contributed by atoms with Crippen molar-refractivity contribution >= 4 is 44.2 Å². The van der Waals surface area contributed by atoms with Crippen LogP contribution in [0, 0.1) is 6.92 Å². The lowest BCUT2D eigenvalue weighted by Crippen LogP contribution is -2.12. The van der Waals surface area contributed by atoms with Gasteiger partial charge in [-0.2, -0.15) is 0 Å². The zero-order valence-electron chi connectivity index (χ0n) is 17.7. The topological polar surface area (TPSA) is 85.6 Å². The standard InChI is InChI=1S/C24H21NO5S2/c1-15-4-11-19(12-5-15)32(27,28)25-17-8-13-21-20(14-17)22(24(30-21)31-3)23(26)16-6-9-18(29-2)10-7-16/h4-14,25H,1-3H3. The van der Waals surface area contributed by atoms with Gasteiger partial charge in [-0.25, -0.2) is 8.42 Å². The van der Waals surface area contributed by atoms with Crippen LogP contribution in [0.15, 0.2) is 81.1 Å². The number of hydrogen-bond donors (Lipinski definition) is 1. The number of hydrogen-bond acceptors (Lipinski definition) is 6. The number of sulfonamides is 1. The van der Waals surface area contributed by atoms with E-state index in [9.17, 15) is 13.2 Å². The molecular formula is C24H21NO5S2. The van der Waals surface area contributed by atoms with Crippen molar-refractivity contribution in [1.82, 2.24) is 0 Å². The van der Waals surface area contributed by atoms with Gasteiger partial charge in [0.1, 0.15) is 11.3 Å². The van der Waals surface area contributed by atoms with Gasteiger partial charge in [0.25, 0.3) is 10.0 Å². The number of ketones is 1. The van der Waals surface area contributed by atoms with Gasteiger partial charge in [-0.05, 0) is 67.8 Å². The van der Waals surface area contributed by atoms with Crippen molar-refractivity contribution in [3.05, 3.63) is 83.4 Å². The van der Waals surface area contributed by atoms with Crippen molar-refractivity contribution in [1.29, 1.82) is 0 Å². The van der Waals surface area contributed by atoms with Crippen LogP contribution in [0.4, 0.5) is 5.69 Å². The van der Waals surface area contributed by atoms with E-state index in [2.05, 4.69) is 4.72 Å². The summed E-state index contributed by atoms with van der Waals surface area (Å²) < 4.78 is 39.2. The molecule has 1 aromatic heterocycles. The van der Waals surface area contributed by atoms with Crippen LogP contribution in [0.1, 0.15) is 21.5 Å². The smallest absolute Gasteiger partial charge is 0.261 e. The second-order valence-electron chi connectivity index (χ2n) is 7.16. The number of carbonyl (C=O) groups is 1. The van der Waals surface area contributed by atoms with Gasteiger partial charge in [0, 0.05) is 16.6 Å². The van der Waals surface area contributed by atoms with E-state index in [1.165, 1.54) is 11.8 Å². The predicted molar refractivity (Wildman–Crippen MR) is 126 cm³/mol. The fourth-order valence-electron chi connectivity index (χ4n) is 3.32. The van der Waals surface area contributed by atoms with Crippen molar-refractivity contribution in [3.63, 3.8) is 0 Å². The molecule has 0 saturated heterocycles. The second-order valence-corrected chi connectivity index (χ2v) is 9.62. The van der Waals surface area contributed by atoms with Crippen LogP contribution in [0.25, 0.3) is 11.0 Å². The van der Waals surface area contributed by atoms with Gasteiger partial charge in [-0.1, -0.05) is 29.5 Å². The quantitative estimate of drug-likeness (QED) is 0.285. The number of carbonyl (C=O) groups excluding carboxylic acids is 1. The summed E-state index contributed by atoms with van der Waals surface area (Å²) in [6.45, 7) is 1.89. The van der Waals surface area contributed by atoms with Crippen LogP contribution >= 0.6 is 11.8 Å². The number of methoxy groups -OCH3 is 1. The highest BCUT2D eigenvalue weighted by atomic mass is 32.2. The van der Waals surface area contributed by atoms with Crippen molar-refractivity contribution in [2.75, 3.05) is 18.1 Å². The Bertz CT molecular complexity index is 1390. The fraction of sp³-hybridized carbons (Fsp3) is 0.125. The molecule has 1 N–H and O–H groups in total. The largest absolute Gasteiger partial charge is 0.497 e. The molecule has 0 unspecified atom stereocenters. The highest BCUT2D eigenvalue weighted by Gasteiger charge is 2.23. The third-order valence-corrected chi connectivity index (χ3v) is 7.06. The Labute approximate surface area is 190 Å². The van der Waals surface area contributed by atoms with Crippen LogP contribution < -0.4 is 9.46 Å². The summed E-state index contributed by atoms with van der Waals surface area (Å²) in [5.74, 6) is 0.436. The SMILES string of the molecule is COc1ccc(C(=O)c2c(SC)oc3ccc(NS(=O)(=O)c4ccc(C)cc4)cc23)cc1. The zero-order chi connectivity index (χ0) is 22.9. The maximum atomic E-state index is 13.3. The van der Waals surface area contributed by atoms with E-state index >= 15 is 0 Å². The lowest BCUT2D eigenvalue weighted by Gasteiger charge is -2.09. The Morgan fingerprint density at radius 1 is 1.00 bits per heavy atom. The van der Waals surface area contributed by atoms with Crippen molar-refractivity contribution < 1.29 is 22.4 Å². The van der Waals surface area contributed by atoms with E-state index in [-0.39, 0.29) is 10.7 Å². The average molecular weight is 468 g/mol.